The van der Waals surface area contributed by atoms with Gasteiger partial charge in [-0.25, -0.2) is 9.18 Å². The predicted octanol–water partition coefficient (Wildman–Crippen LogP) is 4.57. The summed E-state index contributed by atoms with van der Waals surface area (Å²) in [5.41, 5.74) is 7.49. The fraction of sp³-hybridized carbons (Fsp3) is 0.320. The molecule has 1 atom stereocenters. The number of carbonyl (C=O) groups is 1. The van der Waals surface area contributed by atoms with E-state index in [1.807, 2.05) is 31.2 Å². The number of nitrogens with zero attached hydrogens (tertiary/aromatic N) is 3. The van der Waals surface area contributed by atoms with Crippen LogP contribution in [-0.4, -0.2) is 41.4 Å². The van der Waals surface area contributed by atoms with Gasteiger partial charge in [-0.2, -0.15) is 4.99 Å². The summed E-state index contributed by atoms with van der Waals surface area (Å²) in [6, 6.07) is 11.9. The van der Waals surface area contributed by atoms with Crippen LogP contribution in [0.1, 0.15) is 25.3 Å². The van der Waals surface area contributed by atoms with Gasteiger partial charge in [0.1, 0.15) is 17.4 Å². The third-order valence-electron chi connectivity index (χ3n) is 5.81. The van der Waals surface area contributed by atoms with Crippen LogP contribution in [0.4, 0.5) is 14.9 Å². The Hall–Kier alpha value is -3.52. The number of amidine groups is 1. The standard InChI is InChI=1S/C25H28FN5O2/c1-2-33-20-9-8-18(22(26)13-20)15-31-12-4-6-19(16-31)24(27)30-25(32)29-23-7-3-5-17-14-28-11-10-21(17)23/h3,5,7-11,13-14,19H,2,4,6,12,15-16H2,1H3,(H3,27,29,30,32). The van der Waals surface area contributed by atoms with E-state index >= 15 is 0 Å². The van der Waals surface area contributed by atoms with Crippen LogP contribution >= 0.6 is 0 Å². The minimum Gasteiger partial charge on any atom is -0.494 e. The highest BCUT2D eigenvalue weighted by atomic mass is 19.1. The van der Waals surface area contributed by atoms with Gasteiger partial charge in [0.15, 0.2) is 0 Å². The first-order valence-electron chi connectivity index (χ1n) is 11.1. The molecule has 3 N–H and O–H groups in total. The van der Waals surface area contributed by atoms with E-state index in [1.165, 1.54) is 6.07 Å². The molecule has 0 saturated carbocycles. The summed E-state index contributed by atoms with van der Waals surface area (Å²) in [5.74, 6) is 0.479. The lowest BCUT2D eigenvalue weighted by Crippen LogP contribution is -2.41. The molecule has 172 valence electrons. The molecule has 1 fully saturated rings. The maximum Gasteiger partial charge on any atom is 0.347 e. The normalized spacial score (nSPS) is 17.2. The number of halogens is 1. The molecule has 0 bridgehead atoms. The number of benzene rings is 2. The molecule has 3 aromatic rings. The Bertz CT molecular complexity index is 1160. The Kier molecular flexibility index (Phi) is 7.14. The first kappa shape index (κ1) is 22.7. The van der Waals surface area contributed by atoms with Crippen molar-refractivity contribution in [1.29, 1.82) is 0 Å². The second-order valence-corrected chi connectivity index (χ2v) is 8.13. The Labute approximate surface area is 192 Å². The van der Waals surface area contributed by atoms with E-state index in [9.17, 15) is 9.18 Å². The van der Waals surface area contributed by atoms with Crippen molar-refractivity contribution in [3.8, 4) is 5.75 Å². The van der Waals surface area contributed by atoms with Crippen molar-refractivity contribution in [3.63, 3.8) is 0 Å². The van der Waals surface area contributed by atoms with Crippen molar-refractivity contribution in [2.45, 2.75) is 26.3 Å². The fourth-order valence-corrected chi connectivity index (χ4v) is 4.18. The van der Waals surface area contributed by atoms with Gasteiger partial charge in [0.05, 0.1) is 12.3 Å². The minimum atomic E-state index is -0.508. The van der Waals surface area contributed by atoms with Crippen LogP contribution in [0.15, 0.2) is 59.9 Å². The molecule has 2 heterocycles. The maximum atomic E-state index is 14.5. The van der Waals surface area contributed by atoms with Crippen LogP contribution in [-0.2, 0) is 6.54 Å². The zero-order chi connectivity index (χ0) is 23.2. The lowest BCUT2D eigenvalue weighted by molar-refractivity contribution is 0.193. The lowest BCUT2D eigenvalue weighted by atomic mass is 9.96. The van der Waals surface area contributed by atoms with Gasteiger partial charge in [0, 0.05) is 53.8 Å². The Morgan fingerprint density at radius 3 is 3.03 bits per heavy atom. The summed E-state index contributed by atoms with van der Waals surface area (Å²) in [6.07, 6.45) is 5.16. The lowest BCUT2D eigenvalue weighted by Gasteiger charge is -2.32. The number of ether oxygens (including phenoxy) is 1. The van der Waals surface area contributed by atoms with E-state index in [0.29, 0.717) is 42.5 Å². The number of anilines is 1. The molecule has 1 saturated heterocycles. The molecular weight excluding hydrogens is 421 g/mol. The number of hydrogen-bond acceptors (Lipinski definition) is 4. The van der Waals surface area contributed by atoms with Crippen LogP contribution in [0.3, 0.4) is 0 Å². The van der Waals surface area contributed by atoms with Crippen molar-refractivity contribution in [1.82, 2.24) is 9.88 Å². The highest BCUT2D eigenvalue weighted by Crippen LogP contribution is 2.24. The fourth-order valence-electron chi connectivity index (χ4n) is 4.18. The number of urea groups is 1. The van der Waals surface area contributed by atoms with E-state index in [0.717, 1.165) is 30.2 Å². The molecule has 33 heavy (non-hydrogen) atoms. The largest absolute Gasteiger partial charge is 0.494 e. The average molecular weight is 450 g/mol. The van der Waals surface area contributed by atoms with Crippen LogP contribution < -0.4 is 15.8 Å². The monoisotopic (exact) mass is 449 g/mol. The highest BCUT2D eigenvalue weighted by molar-refractivity contribution is 6.05. The number of carbonyl (C=O) groups excluding carboxylic acids is 1. The number of likely N-dealkylation sites (tertiary alicyclic amines) is 1. The molecule has 2 amide bonds. The Morgan fingerprint density at radius 2 is 2.21 bits per heavy atom. The van der Waals surface area contributed by atoms with E-state index < -0.39 is 6.03 Å². The van der Waals surface area contributed by atoms with E-state index in [4.69, 9.17) is 10.5 Å². The molecule has 4 rings (SSSR count). The molecule has 1 aromatic heterocycles. The van der Waals surface area contributed by atoms with Crippen LogP contribution in [0, 0.1) is 11.7 Å². The van der Waals surface area contributed by atoms with Gasteiger partial charge in [-0.3, -0.25) is 9.88 Å². The van der Waals surface area contributed by atoms with Gasteiger partial charge in [-0.05, 0) is 44.5 Å². The smallest absolute Gasteiger partial charge is 0.347 e. The molecule has 0 aliphatic carbocycles. The minimum absolute atomic E-state index is 0.0630. The van der Waals surface area contributed by atoms with E-state index in [2.05, 4.69) is 20.2 Å². The zero-order valence-electron chi connectivity index (χ0n) is 18.6. The van der Waals surface area contributed by atoms with Gasteiger partial charge in [-0.1, -0.05) is 18.2 Å². The van der Waals surface area contributed by atoms with Crippen molar-refractivity contribution < 1.29 is 13.9 Å². The third kappa shape index (κ3) is 5.64. The number of rotatable bonds is 6. The Balaban J connectivity index is 1.39. The van der Waals surface area contributed by atoms with E-state index in [-0.39, 0.29) is 11.7 Å². The topological polar surface area (TPSA) is 92.8 Å². The molecule has 0 radical (unpaired) electrons. The maximum absolute atomic E-state index is 14.5. The summed E-state index contributed by atoms with van der Waals surface area (Å²) in [5, 5.41) is 4.63. The summed E-state index contributed by atoms with van der Waals surface area (Å²) >= 11 is 0. The van der Waals surface area contributed by atoms with Crippen molar-refractivity contribution in [2.24, 2.45) is 16.6 Å². The zero-order valence-corrected chi connectivity index (χ0v) is 18.6. The summed E-state index contributed by atoms with van der Waals surface area (Å²) < 4.78 is 19.8. The number of piperidine rings is 1. The third-order valence-corrected chi connectivity index (χ3v) is 5.81. The number of aliphatic imine (C=N–C) groups is 1. The van der Waals surface area contributed by atoms with Gasteiger partial charge >= 0.3 is 6.03 Å². The second-order valence-electron chi connectivity index (χ2n) is 8.13. The molecule has 2 aromatic carbocycles. The molecule has 1 aliphatic rings. The molecule has 0 spiro atoms. The van der Waals surface area contributed by atoms with Crippen LogP contribution in [0.25, 0.3) is 10.8 Å². The van der Waals surface area contributed by atoms with Crippen molar-refractivity contribution >= 4 is 28.3 Å². The molecule has 1 unspecified atom stereocenters. The predicted molar refractivity (Wildman–Crippen MR) is 128 cm³/mol. The molecule has 7 nitrogen and oxygen atoms in total. The first-order chi connectivity index (χ1) is 16.0. The van der Waals surface area contributed by atoms with Crippen molar-refractivity contribution in [2.75, 3.05) is 25.0 Å². The summed E-state index contributed by atoms with van der Waals surface area (Å²) in [7, 11) is 0. The molecule has 1 aliphatic heterocycles. The van der Waals surface area contributed by atoms with Gasteiger partial charge < -0.3 is 15.8 Å². The number of amides is 2. The Morgan fingerprint density at radius 1 is 1.33 bits per heavy atom. The van der Waals surface area contributed by atoms with Gasteiger partial charge in [0.2, 0.25) is 0 Å². The van der Waals surface area contributed by atoms with Crippen LogP contribution in [0.5, 0.6) is 5.75 Å². The summed E-state index contributed by atoms with van der Waals surface area (Å²) in [6.45, 7) is 4.29. The highest BCUT2D eigenvalue weighted by Gasteiger charge is 2.24. The van der Waals surface area contributed by atoms with Crippen molar-refractivity contribution in [3.05, 3.63) is 66.2 Å². The number of nitrogens with two attached hydrogens (primary N) is 1. The SMILES string of the molecule is CCOc1ccc(CN2CCCC(/C(N)=N/C(=O)Nc3cccc4cnccc34)C2)c(F)c1. The van der Waals surface area contributed by atoms with Gasteiger partial charge in [0.25, 0.3) is 0 Å². The first-order valence-corrected chi connectivity index (χ1v) is 11.1. The number of hydrogen-bond donors (Lipinski definition) is 2. The number of fused-ring (bicyclic) bond motifs is 1. The molecule has 8 heteroatoms. The van der Waals surface area contributed by atoms with Gasteiger partial charge in [-0.15, -0.1) is 0 Å². The second kappa shape index (κ2) is 10.4. The average Bonchev–Trinajstić information content (AvgIpc) is 2.81. The van der Waals surface area contributed by atoms with Crippen LogP contribution in [0.2, 0.25) is 0 Å². The van der Waals surface area contributed by atoms with E-state index in [1.54, 1.807) is 24.5 Å². The molecular formula is C25H28FN5O2. The number of aromatic nitrogens is 1. The number of nitrogens with one attached hydrogen (secondary N) is 1. The summed E-state index contributed by atoms with van der Waals surface area (Å²) in [4.78, 5) is 22.9. The number of pyridine rings is 1. The quantitative estimate of drug-likeness (QED) is 0.425.